The number of para-hydroxylation sites is 1. The van der Waals surface area contributed by atoms with Gasteiger partial charge in [-0.3, -0.25) is 4.40 Å². The first-order valence-corrected chi connectivity index (χ1v) is 18.2. The molecule has 3 heterocycles. The van der Waals surface area contributed by atoms with Gasteiger partial charge in [-0.15, -0.1) is 0 Å². The van der Waals surface area contributed by atoms with Gasteiger partial charge in [0, 0.05) is 57.3 Å². The molecule has 252 valence electrons. The number of benzene rings is 6. The molecule has 0 atom stereocenters. The predicted octanol–water partition coefficient (Wildman–Crippen LogP) is 13.2. The SMILES string of the molecule is C1=Cc2c(oc3c(-c4ccc(N(c5ccc(-c6ccccc6)cc5)c5ccc(-c6c(-c7ccccc7)nc7ccccn67)cc5)cc4)cccc23)CC1. The predicted molar refractivity (Wildman–Crippen MR) is 219 cm³/mol. The molecule has 6 aromatic carbocycles. The van der Waals surface area contributed by atoms with Crippen molar-refractivity contribution < 1.29 is 4.42 Å². The number of aromatic nitrogens is 2. The zero-order valence-corrected chi connectivity index (χ0v) is 29.1. The lowest BCUT2D eigenvalue weighted by Gasteiger charge is -2.26. The molecule has 4 heteroatoms. The Hall–Kier alpha value is -6.91. The lowest BCUT2D eigenvalue weighted by atomic mass is 9.98. The Bertz CT molecular complexity index is 2740. The number of pyridine rings is 1. The van der Waals surface area contributed by atoms with E-state index in [0.717, 1.165) is 80.5 Å². The normalized spacial score (nSPS) is 12.3. The molecule has 3 aromatic heterocycles. The van der Waals surface area contributed by atoms with Gasteiger partial charge >= 0.3 is 0 Å². The Balaban J connectivity index is 1.06. The average Bonchev–Trinajstić information content (AvgIpc) is 3.82. The topological polar surface area (TPSA) is 33.7 Å². The van der Waals surface area contributed by atoms with Gasteiger partial charge in [-0.1, -0.05) is 133 Å². The molecule has 0 fully saturated rings. The Morgan fingerprint density at radius 1 is 0.528 bits per heavy atom. The third kappa shape index (κ3) is 5.53. The summed E-state index contributed by atoms with van der Waals surface area (Å²) in [6.07, 6.45) is 8.51. The van der Waals surface area contributed by atoms with Crippen LogP contribution in [-0.4, -0.2) is 9.38 Å². The number of aryl methyl sites for hydroxylation is 1. The lowest BCUT2D eigenvalue weighted by molar-refractivity contribution is 0.547. The van der Waals surface area contributed by atoms with Crippen LogP contribution in [0, 0.1) is 0 Å². The summed E-state index contributed by atoms with van der Waals surface area (Å²) in [4.78, 5) is 7.38. The zero-order valence-electron chi connectivity index (χ0n) is 29.1. The fraction of sp³-hybridized carbons (Fsp3) is 0.0408. The van der Waals surface area contributed by atoms with Crippen LogP contribution in [0.5, 0.6) is 0 Å². The van der Waals surface area contributed by atoms with Crippen LogP contribution in [0.25, 0.3) is 67.5 Å². The molecule has 0 aliphatic heterocycles. The second-order valence-corrected chi connectivity index (χ2v) is 13.5. The number of allylic oxidation sites excluding steroid dienone is 1. The molecule has 0 bridgehead atoms. The van der Waals surface area contributed by atoms with Crippen molar-refractivity contribution in [2.24, 2.45) is 0 Å². The summed E-state index contributed by atoms with van der Waals surface area (Å²) in [7, 11) is 0. The van der Waals surface area contributed by atoms with Gasteiger partial charge in [-0.05, 0) is 71.6 Å². The van der Waals surface area contributed by atoms with Crippen LogP contribution in [0.3, 0.4) is 0 Å². The molecule has 1 aliphatic carbocycles. The number of hydrogen-bond donors (Lipinski definition) is 0. The van der Waals surface area contributed by atoms with Crippen LogP contribution >= 0.6 is 0 Å². The number of furan rings is 1. The number of anilines is 3. The van der Waals surface area contributed by atoms with Crippen molar-refractivity contribution in [3.8, 4) is 44.8 Å². The van der Waals surface area contributed by atoms with Gasteiger partial charge in [-0.25, -0.2) is 4.98 Å². The molecule has 10 rings (SSSR count). The molecular formula is C49H35N3O. The summed E-state index contributed by atoms with van der Waals surface area (Å²) in [6, 6.07) is 60.2. The molecule has 9 aromatic rings. The Morgan fingerprint density at radius 3 is 1.83 bits per heavy atom. The highest BCUT2D eigenvalue weighted by atomic mass is 16.3. The maximum atomic E-state index is 6.48. The minimum Gasteiger partial charge on any atom is -0.460 e. The molecule has 53 heavy (non-hydrogen) atoms. The fourth-order valence-corrected chi connectivity index (χ4v) is 7.71. The molecule has 0 amide bonds. The Labute approximate surface area is 308 Å². The van der Waals surface area contributed by atoms with Crippen molar-refractivity contribution in [3.05, 3.63) is 193 Å². The molecule has 0 saturated heterocycles. The van der Waals surface area contributed by atoms with E-state index in [1.54, 1.807) is 0 Å². The largest absolute Gasteiger partial charge is 0.460 e. The summed E-state index contributed by atoms with van der Waals surface area (Å²) in [5.74, 6) is 1.08. The van der Waals surface area contributed by atoms with Gasteiger partial charge < -0.3 is 9.32 Å². The fourth-order valence-electron chi connectivity index (χ4n) is 7.71. The quantitative estimate of drug-likeness (QED) is 0.168. The highest BCUT2D eigenvalue weighted by molar-refractivity contribution is 5.98. The molecular weight excluding hydrogens is 647 g/mol. The standard InChI is InChI=1S/C49H35N3O/c1-3-12-34(13-4-1)35-21-27-39(28-22-35)52(40-29-23-36(24-30-40)42-17-11-18-44-43-16-7-8-19-45(43)53-49(42)44)41-31-25-38(26-32-41)48-47(37-14-5-2-6-15-37)50-46-20-9-10-33-51(46)48/h1-7,9-18,20-33H,8,19H2. The number of imidazole rings is 1. The smallest absolute Gasteiger partial charge is 0.142 e. The summed E-state index contributed by atoms with van der Waals surface area (Å²) in [5, 5.41) is 1.18. The van der Waals surface area contributed by atoms with Gasteiger partial charge in [0.15, 0.2) is 0 Å². The van der Waals surface area contributed by atoms with Gasteiger partial charge in [0.25, 0.3) is 0 Å². The first kappa shape index (κ1) is 30.9. The van der Waals surface area contributed by atoms with Crippen LogP contribution in [0.2, 0.25) is 0 Å². The molecule has 0 spiro atoms. The van der Waals surface area contributed by atoms with Crippen LogP contribution < -0.4 is 4.90 Å². The van der Waals surface area contributed by atoms with Gasteiger partial charge in [-0.2, -0.15) is 0 Å². The van der Waals surface area contributed by atoms with Crippen LogP contribution in [0.1, 0.15) is 17.7 Å². The maximum Gasteiger partial charge on any atom is 0.142 e. The number of rotatable bonds is 7. The molecule has 0 saturated carbocycles. The molecule has 4 nitrogen and oxygen atoms in total. The van der Waals surface area contributed by atoms with Crippen LogP contribution in [-0.2, 0) is 6.42 Å². The van der Waals surface area contributed by atoms with E-state index >= 15 is 0 Å². The van der Waals surface area contributed by atoms with E-state index in [1.807, 2.05) is 12.1 Å². The number of hydrogen-bond acceptors (Lipinski definition) is 3. The highest BCUT2D eigenvalue weighted by Gasteiger charge is 2.20. The van der Waals surface area contributed by atoms with Crippen molar-refractivity contribution in [2.45, 2.75) is 12.8 Å². The minimum atomic E-state index is 0.924. The Morgan fingerprint density at radius 2 is 1.13 bits per heavy atom. The Kier molecular flexibility index (Phi) is 7.58. The monoisotopic (exact) mass is 681 g/mol. The van der Waals surface area contributed by atoms with Crippen molar-refractivity contribution >= 4 is 39.8 Å². The van der Waals surface area contributed by atoms with E-state index in [0.29, 0.717) is 0 Å². The summed E-state index contributed by atoms with van der Waals surface area (Å²) in [6.45, 7) is 0. The van der Waals surface area contributed by atoms with E-state index in [1.165, 1.54) is 22.1 Å². The first-order chi connectivity index (χ1) is 26.3. The van der Waals surface area contributed by atoms with E-state index in [9.17, 15) is 0 Å². The maximum absolute atomic E-state index is 6.48. The molecule has 0 unspecified atom stereocenters. The second kappa shape index (κ2) is 13.0. The second-order valence-electron chi connectivity index (χ2n) is 13.5. The average molecular weight is 682 g/mol. The third-order valence-corrected chi connectivity index (χ3v) is 10.3. The lowest BCUT2D eigenvalue weighted by Crippen LogP contribution is -2.09. The molecule has 0 radical (unpaired) electrons. The highest BCUT2D eigenvalue weighted by Crippen LogP contribution is 2.41. The summed E-state index contributed by atoms with van der Waals surface area (Å²) >= 11 is 0. The zero-order chi connectivity index (χ0) is 35.1. The van der Waals surface area contributed by atoms with E-state index in [4.69, 9.17) is 9.40 Å². The summed E-state index contributed by atoms with van der Waals surface area (Å²) in [5.41, 5.74) is 15.2. The molecule has 0 N–H and O–H groups in total. The van der Waals surface area contributed by atoms with E-state index < -0.39 is 0 Å². The summed E-state index contributed by atoms with van der Waals surface area (Å²) < 4.78 is 8.66. The number of nitrogens with zero attached hydrogens (tertiary/aromatic N) is 3. The van der Waals surface area contributed by atoms with Crippen molar-refractivity contribution in [1.29, 1.82) is 0 Å². The minimum absolute atomic E-state index is 0.924. The van der Waals surface area contributed by atoms with Gasteiger partial charge in [0.05, 0.1) is 11.4 Å². The van der Waals surface area contributed by atoms with E-state index in [2.05, 4.69) is 185 Å². The first-order valence-electron chi connectivity index (χ1n) is 18.2. The van der Waals surface area contributed by atoms with Crippen LogP contribution in [0.4, 0.5) is 17.1 Å². The third-order valence-electron chi connectivity index (χ3n) is 10.3. The van der Waals surface area contributed by atoms with Crippen LogP contribution in [0.15, 0.2) is 187 Å². The van der Waals surface area contributed by atoms with Gasteiger partial charge in [0.1, 0.15) is 17.0 Å². The van der Waals surface area contributed by atoms with Gasteiger partial charge in [0.2, 0.25) is 0 Å². The van der Waals surface area contributed by atoms with Crippen molar-refractivity contribution in [2.75, 3.05) is 4.90 Å². The van der Waals surface area contributed by atoms with E-state index in [-0.39, 0.29) is 0 Å². The number of fused-ring (bicyclic) bond motifs is 4. The van der Waals surface area contributed by atoms with Crippen molar-refractivity contribution in [3.63, 3.8) is 0 Å². The van der Waals surface area contributed by atoms with Crippen molar-refractivity contribution in [1.82, 2.24) is 9.38 Å². The molecule has 1 aliphatic rings.